The molecule has 1 aromatic carbocycles. The highest BCUT2D eigenvalue weighted by molar-refractivity contribution is 6.30. The second-order valence-electron chi connectivity index (χ2n) is 7.62. The van der Waals surface area contributed by atoms with Gasteiger partial charge < -0.3 is 4.74 Å². The van der Waals surface area contributed by atoms with Crippen molar-refractivity contribution in [2.45, 2.75) is 12.7 Å². The Balaban J connectivity index is 1.65. The van der Waals surface area contributed by atoms with Gasteiger partial charge in [-0.05, 0) is 29.3 Å². The van der Waals surface area contributed by atoms with E-state index in [9.17, 15) is 18.0 Å². The lowest BCUT2D eigenvalue weighted by atomic mass is 9.99. The molecule has 0 aliphatic heterocycles. The van der Waals surface area contributed by atoms with Crippen LogP contribution in [0.15, 0.2) is 66.0 Å². The van der Waals surface area contributed by atoms with Gasteiger partial charge in [0.15, 0.2) is 5.65 Å². The molecule has 0 saturated carbocycles. The number of nitrogens with zero attached hydrogens (tertiary/aromatic N) is 7. The molecule has 0 saturated heterocycles. The van der Waals surface area contributed by atoms with Crippen LogP contribution < -0.4 is 10.4 Å². The Morgan fingerprint density at radius 3 is 2.28 bits per heavy atom. The number of ether oxygens (including phenoxy) is 1. The van der Waals surface area contributed by atoms with E-state index in [1.165, 1.54) is 19.4 Å². The van der Waals surface area contributed by atoms with Crippen molar-refractivity contribution in [1.82, 2.24) is 34.3 Å². The molecule has 0 atom stereocenters. The number of benzene rings is 1. The molecule has 182 valence electrons. The van der Waals surface area contributed by atoms with Crippen molar-refractivity contribution in [2.75, 3.05) is 7.11 Å². The Bertz CT molecular complexity index is 1600. The average Bonchev–Trinajstić information content (AvgIpc) is 3.19. The number of alkyl halides is 3. The van der Waals surface area contributed by atoms with Crippen LogP contribution >= 0.6 is 11.6 Å². The predicted molar refractivity (Wildman–Crippen MR) is 124 cm³/mol. The first-order chi connectivity index (χ1) is 17.2. The number of methoxy groups -OCH3 is 1. The fraction of sp³-hybridized carbons (Fsp3) is 0.130. The summed E-state index contributed by atoms with van der Waals surface area (Å²) in [5.74, 6) is 0. The standard InChI is InChI=1S/C23H15ClF3N7O2/c1-36-21-29-9-15(10-30-21)17-11-31-34-20(19(17)14-3-5-16(24)6-4-14)32-33(22(34)35)12-13-2-7-18(28-8-13)23(25,26)27/h2-11H,12H2,1H3. The minimum absolute atomic E-state index is 0.103. The monoisotopic (exact) mass is 513 g/mol. The third kappa shape index (κ3) is 4.38. The highest BCUT2D eigenvalue weighted by atomic mass is 35.5. The summed E-state index contributed by atoms with van der Waals surface area (Å²) < 4.78 is 45.8. The van der Waals surface area contributed by atoms with Crippen LogP contribution in [0.2, 0.25) is 5.02 Å². The topological polar surface area (TPSA) is 100 Å². The summed E-state index contributed by atoms with van der Waals surface area (Å²) in [6, 6.07) is 9.24. The van der Waals surface area contributed by atoms with Crippen LogP contribution in [0.3, 0.4) is 0 Å². The first-order valence-electron chi connectivity index (χ1n) is 10.4. The summed E-state index contributed by atoms with van der Waals surface area (Å²) in [5.41, 5.74) is 1.47. The molecule has 0 bridgehead atoms. The summed E-state index contributed by atoms with van der Waals surface area (Å²) in [5, 5.41) is 9.23. The molecule has 5 rings (SSSR count). The van der Waals surface area contributed by atoms with Crippen molar-refractivity contribution in [3.8, 4) is 28.3 Å². The lowest BCUT2D eigenvalue weighted by Crippen LogP contribution is -2.23. The summed E-state index contributed by atoms with van der Waals surface area (Å²) >= 11 is 6.07. The van der Waals surface area contributed by atoms with E-state index in [0.29, 0.717) is 32.8 Å². The molecule has 0 aliphatic carbocycles. The normalized spacial score (nSPS) is 11.7. The molecule has 0 radical (unpaired) electrons. The molecule has 0 unspecified atom stereocenters. The van der Waals surface area contributed by atoms with Gasteiger partial charge in [-0.25, -0.2) is 19.4 Å². The van der Waals surface area contributed by atoms with Gasteiger partial charge in [0.25, 0.3) is 0 Å². The number of hydrogen-bond donors (Lipinski definition) is 0. The zero-order chi connectivity index (χ0) is 25.4. The number of aromatic nitrogens is 7. The Morgan fingerprint density at radius 1 is 0.944 bits per heavy atom. The number of rotatable bonds is 5. The molecule has 0 amide bonds. The molecule has 5 aromatic rings. The second-order valence-corrected chi connectivity index (χ2v) is 8.06. The van der Waals surface area contributed by atoms with Crippen molar-refractivity contribution in [1.29, 1.82) is 0 Å². The second kappa shape index (κ2) is 9.04. The van der Waals surface area contributed by atoms with Crippen LogP contribution in [0, 0.1) is 0 Å². The van der Waals surface area contributed by atoms with Gasteiger partial charge in [-0.3, -0.25) is 4.98 Å². The Morgan fingerprint density at radius 2 is 1.67 bits per heavy atom. The summed E-state index contributed by atoms with van der Waals surface area (Å²) in [4.78, 5) is 24.8. The minimum Gasteiger partial charge on any atom is -0.467 e. The van der Waals surface area contributed by atoms with Crippen molar-refractivity contribution in [3.05, 3.63) is 87.9 Å². The van der Waals surface area contributed by atoms with Crippen LogP contribution in [0.25, 0.3) is 27.9 Å². The third-order valence-corrected chi connectivity index (χ3v) is 5.57. The average molecular weight is 514 g/mol. The maximum absolute atomic E-state index is 13.1. The van der Waals surface area contributed by atoms with Gasteiger partial charge in [0.1, 0.15) is 5.69 Å². The van der Waals surface area contributed by atoms with Crippen LogP contribution in [0.5, 0.6) is 6.01 Å². The van der Waals surface area contributed by atoms with E-state index in [1.807, 2.05) is 0 Å². The van der Waals surface area contributed by atoms with Gasteiger partial charge in [0, 0.05) is 40.3 Å². The van der Waals surface area contributed by atoms with Crippen LogP contribution in [-0.2, 0) is 12.7 Å². The molecule has 36 heavy (non-hydrogen) atoms. The number of pyridine rings is 1. The van der Waals surface area contributed by atoms with Crippen molar-refractivity contribution >= 4 is 17.2 Å². The van der Waals surface area contributed by atoms with E-state index in [1.54, 1.807) is 36.7 Å². The number of fused-ring (bicyclic) bond motifs is 1. The molecule has 0 fully saturated rings. The molecule has 13 heteroatoms. The maximum atomic E-state index is 13.1. The first kappa shape index (κ1) is 23.4. The van der Waals surface area contributed by atoms with Crippen LogP contribution in [0.1, 0.15) is 11.3 Å². The van der Waals surface area contributed by atoms with E-state index in [2.05, 4.69) is 25.1 Å². The van der Waals surface area contributed by atoms with Gasteiger partial charge in [0.2, 0.25) is 0 Å². The summed E-state index contributed by atoms with van der Waals surface area (Å²) in [6.07, 6.45) is 1.11. The smallest absolute Gasteiger partial charge is 0.433 e. The molecule has 0 N–H and O–H groups in total. The lowest BCUT2D eigenvalue weighted by Gasteiger charge is -2.10. The SMILES string of the molecule is COc1ncc(-c2cnn3c(=O)n(Cc4ccc(C(F)(F)F)nc4)nc3c2-c2ccc(Cl)cc2)cn1. The highest BCUT2D eigenvalue weighted by Crippen LogP contribution is 2.34. The molecule has 0 spiro atoms. The predicted octanol–water partition coefficient (Wildman–Crippen LogP) is 4.14. The van der Waals surface area contributed by atoms with Gasteiger partial charge in [-0.2, -0.15) is 22.8 Å². The quantitative estimate of drug-likeness (QED) is 0.348. The van der Waals surface area contributed by atoms with E-state index in [-0.39, 0.29) is 18.2 Å². The fourth-order valence-corrected chi connectivity index (χ4v) is 3.73. The van der Waals surface area contributed by atoms with E-state index < -0.39 is 17.6 Å². The van der Waals surface area contributed by atoms with E-state index >= 15 is 0 Å². The molecule has 4 heterocycles. The Labute approximate surface area is 205 Å². The van der Waals surface area contributed by atoms with Gasteiger partial charge in [0.05, 0.1) is 19.9 Å². The van der Waals surface area contributed by atoms with Crippen LogP contribution in [0.4, 0.5) is 13.2 Å². The molecular formula is C23H15ClF3N7O2. The van der Waals surface area contributed by atoms with Crippen LogP contribution in [-0.4, -0.2) is 41.5 Å². The Kier molecular flexibility index (Phi) is 5.88. The molecule has 9 nitrogen and oxygen atoms in total. The summed E-state index contributed by atoms with van der Waals surface area (Å²) in [6.45, 7) is -0.103. The van der Waals surface area contributed by atoms with Crippen molar-refractivity contribution < 1.29 is 17.9 Å². The van der Waals surface area contributed by atoms with E-state index in [0.717, 1.165) is 21.5 Å². The first-order valence-corrected chi connectivity index (χ1v) is 10.8. The lowest BCUT2D eigenvalue weighted by molar-refractivity contribution is -0.141. The zero-order valence-electron chi connectivity index (χ0n) is 18.4. The number of halogens is 4. The third-order valence-electron chi connectivity index (χ3n) is 5.32. The Hall–Kier alpha value is -4.32. The molecule has 0 aliphatic rings. The largest absolute Gasteiger partial charge is 0.467 e. The minimum atomic E-state index is -4.56. The van der Waals surface area contributed by atoms with Gasteiger partial charge in [-0.15, -0.1) is 5.10 Å². The maximum Gasteiger partial charge on any atom is 0.433 e. The zero-order valence-corrected chi connectivity index (χ0v) is 19.2. The van der Waals surface area contributed by atoms with Gasteiger partial charge in [-0.1, -0.05) is 29.8 Å². The van der Waals surface area contributed by atoms with Gasteiger partial charge >= 0.3 is 17.9 Å². The molecule has 4 aromatic heterocycles. The summed E-state index contributed by atoms with van der Waals surface area (Å²) in [7, 11) is 1.45. The number of hydrogen-bond acceptors (Lipinski definition) is 7. The van der Waals surface area contributed by atoms with Crippen molar-refractivity contribution in [2.24, 2.45) is 0 Å². The van der Waals surface area contributed by atoms with E-state index in [4.69, 9.17) is 16.3 Å². The fourth-order valence-electron chi connectivity index (χ4n) is 3.60. The van der Waals surface area contributed by atoms with Crippen molar-refractivity contribution in [3.63, 3.8) is 0 Å². The molecular weight excluding hydrogens is 499 g/mol. The highest BCUT2D eigenvalue weighted by Gasteiger charge is 2.32.